The lowest BCUT2D eigenvalue weighted by atomic mass is 10.1. The lowest BCUT2D eigenvalue weighted by Gasteiger charge is -2.12. The van der Waals surface area contributed by atoms with E-state index in [2.05, 4.69) is 4.99 Å². The highest BCUT2D eigenvalue weighted by atomic mass is 35.5. The number of hydrogen-bond donors (Lipinski definition) is 0. The van der Waals surface area contributed by atoms with Gasteiger partial charge in [0.1, 0.15) is 11.5 Å². The molecule has 2 aromatic carbocycles. The molecule has 0 radical (unpaired) electrons. The summed E-state index contributed by atoms with van der Waals surface area (Å²) in [6.07, 6.45) is 1.62. The number of halogens is 1. The number of hydrogen-bond acceptors (Lipinski definition) is 5. The van der Waals surface area contributed by atoms with Gasteiger partial charge in [0.2, 0.25) is 5.90 Å². The number of esters is 1. The first-order chi connectivity index (χ1) is 12.6. The van der Waals surface area contributed by atoms with E-state index >= 15 is 0 Å². The maximum atomic E-state index is 12.3. The molecule has 2 aromatic rings. The molecule has 0 atom stereocenters. The number of aliphatic imine (C=N–C) groups is 1. The highest BCUT2D eigenvalue weighted by Crippen LogP contribution is 2.32. The first kappa shape index (κ1) is 18.0. The van der Waals surface area contributed by atoms with Gasteiger partial charge < -0.3 is 14.2 Å². The number of ether oxygens (including phenoxy) is 3. The van der Waals surface area contributed by atoms with E-state index in [0.717, 1.165) is 0 Å². The molecule has 1 heterocycles. The van der Waals surface area contributed by atoms with Crippen LogP contribution in [0.4, 0.5) is 0 Å². The molecule has 1 aliphatic rings. The third-order valence-electron chi connectivity index (χ3n) is 3.60. The molecular weight excluding hydrogens is 354 g/mol. The minimum atomic E-state index is -0.534. The Morgan fingerprint density at radius 1 is 1.08 bits per heavy atom. The predicted octanol–water partition coefficient (Wildman–Crippen LogP) is 4.48. The average Bonchev–Trinajstić information content (AvgIpc) is 2.99. The van der Waals surface area contributed by atoms with Gasteiger partial charge in [-0.05, 0) is 50.3 Å². The summed E-state index contributed by atoms with van der Waals surface area (Å²) >= 11 is 5.99. The lowest BCUT2D eigenvalue weighted by Crippen LogP contribution is -2.05. The predicted molar refractivity (Wildman–Crippen MR) is 101 cm³/mol. The van der Waals surface area contributed by atoms with Gasteiger partial charge in [-0.15, -0.1) is 0 Å². The third kappa shape index (κ3) is 3.89. The SMILES string of the molecule is CCOc1cccc(OCC)c1C=C1N=C(c2cccc(Cl)c2)OC1=O. The second kappa shape index (κ2) is 8.06. The zero-order chi connectivity index (χ0) is 18.5. The van der Waals surface area contributed by atoms with E-state index in [0.29, 0.717) is 40.9 Å². The van der Waals surface area contributed by atoms with Crippen molar-refractivity contribution in [1.29, 1.82) is 0 Å². The first-order valence-electron chi connectivity index (χ1n) is 8.29. The number of cyclic esters (lactones) is 1. The van der Waals surface area contributed by atoms with Crippen molar-refractivity contribution >= 4 is 29.5 Å². The summed E-state index contributed by atoms with van der Waals surface area (Å²) in [7, 11) is 0. The van der Waals surface area contributed by atoms with Crippen molar-refractivity contribution in [2.45, 2.75) is 13.8 Å². The third-order valence-corrected chi connectivity index (χ3v) is 3.83. The molecule has 0 saturated carbocycles. The van der Waals surface area contributed by atoms with Crippen molar-refractivity contribution in [2.75, 3.05) is 13.2 Å². The van der Waals surface area contributed by atoms with Crippen LogP contribution >= 0.6 is 11.6 Å². The van der Waals surface area contributed by atoms with E-state index in [1.54, 1.807) is 30.3 Å². The summed E-state index contributed by atoms with van der Waals surface area (Å²) in [5.74, 6) is 0.916. The highest BCUT2D eigenvalue weighted by Gasteiger charge is 2.25. The van der Waals surface area contributed by atoms with Gasteiger partial charge in [-0.1, -0.05) is 23.7 Å². The molecule has 0 fully saturated rings. The Morgan fingerprint density at radius 2 is 1.73 bits per heavy atom. The zero-order valence-corrected chi connectivity index (χ0v) is 15.2. The molecule has 0 saturated heterocycles. The molecule has 0 amide bonds. The Kier molecular flexibility index (Phi) is 5.58. The monoisotopic (exact) mass is 371 g/mol. The van der Waals surface area contributed by atoms with Crippen LogP contribution in [0.15, 0.2) is 53.2 Å². The zero-order valence-electron chi connectivity index (χ0n) is 14.5. The minimum absolute atomic E-state index is 0.174. The van der Waals surface area contributed by atoms with E-state index in [-0.39, 0.29) is 11.6 Å². The van der Waals surface area contributed by atoms with Crippen molar-refractivity contribution in [2.24, 2.45) is 4.99 Å². The fourth-order valence-corrected chi connectivity index (χ4v) is 2.71. The van der Waals surface area contributed by atoms with E-state index in [1.807, 2.05) is 32.0 Å². The van der Waals surface area contributed by atoms with Crippen LogP contribution in [-0.4, -0.2) is 25.1 Å². The Hall–Kier alpha value is -2.79. The second-order valence-corrected chi connectivity index (χ2v) is 5.82. The van der Waals surface area contributed by atoms with Gasteiger partial charge in [-0.3, -0.25) is 0 Å². The minimum Gasteiger partial charge on any atom is -0.493 e. The molecule has 5 nitrogen and oxygen atoms in total. The number of carbonyl (C=O) groups is 1. The molecule has 6 heteroatoms. The standard InChI is InChI=1S/C20H18ClNO4/c1-3-24-17-9-6-10-18(25-4-2)15(17)12-16-20(23)26-19(22-16)13-7-5-8-14(21)11-13/h5-12H,3-4H2,1-2H3. The number of nitrogens with zero attached hydrogens (tertiary/aromatic N) is 1. The van der Waals surface area contributed by atoms with Gasteiger partial charge in [0, 0.05) is 10.6 Å². The molecule has 26 heavy (non-hydrogen) atoms. The molecule has 0 aromatic heterocycles. The van der Waals surface area contributed by atoms with Crippen LogP contribution in [0.25, 0.3) is 6.08 Å². The second-order valence-electron chi connectivity index (χ2n) is 5.38. The normalized spacial score (nSPS) is 15.0. The van der Waals surface area contributed by atoms with Crippen molar-refractivity contribution in [3.63, 3.8) is 0 Å². The van der Waals surface area contributed by atoms with Gasteiger partial charge in [0.15, 0.2) is 5.70 Å². The topological polar surface area (TPSA) is 57.1 Å². The van der Waals surface area contributed by atoms with E-state index in [9.17, 15) is 4.79 Å². The first-order valence-corrected chi connectivity index (χ1v) is 8.67. The van der Waals surface area contributed by atoms with E-state index in [4.69, 9.17) is 25.8 Å². The largest absolute Gasteiger partial charge is 0.493 e. The molecule has 0 unspecified atom stereocenters. The number of rotatable bonds is 6. The van der Waals surface area contributed by atoms with Gasteiger partial charge >= 0.3 is 5.97 Å². The van der Waals surface area contributed by atoms with Crippen molar-refractivity contribution < 1.29 is 19.0 Å². The van der Waals surface area contributed by atoms with Crippen LogP contribution in [0.1, 0.15) is 25.0 Å². The molecule has 0 bridgehead atoms. The lowest BCUT2D eigenvalue weighted by molar-refractivity contribution is -0.129. The Bertz CT molecular complexity index is 865. The number of benzene rings is 2. The van der Waals surface area contributed by atoms with Gasteiger partial charge in [-0.2, -0.15) is 0 Å². The summed E-state index contributed by atoms with van der Waals surface area (Å²) in [5.41, 5.74) is 1.46. The fraction of sp³-hybridized carbons (Fsp3) is 0.200. The smallest absolute Gasteiger partial charge is 0.363 e. The van der Waals surface area contributed by atoms with Crippen molar-refractivity contribution in [1.82, 2.24) is 0 Å². The van der Waals surface area contributed by atoms with Crippen molar-refractivity contribution in [3.8, 4) is 11.5 Å². The summed E-state index contributed by atoms with van der Waals surface area (Å²) < 4.78 is 16.6. The molecular formula is C20H18ClNO4. The summed E-state index contributed by atoms with van der Waals surface area (Å²) in [6, 6.07) is 12.5. The van der Waals surface area contributed by atoms with Crippen LogP contribution in [0.2, 0.25) is 5.02 Å². The number of carbonyl (C=O) groups excluding carboxylic acids is 1. The molecule has 0 spiro atoms. The molecule has 134 valence electrons. The van der Waals surface area contributed by atoms with Gasteiger partial charge in [-0.25, -0.2) is 9.79 Å². The van der Waals surface area contributed by atoms with Crippen LogP contribution in [0.3, 0.4) is 0 Å². The van der Waals surface area contributed by atoms with Crippen LogP contribution < -0.4 is 9.47 Å². The molecule has 0 N–H and O–H groups in total. The maximum Gasteiger partial charge on any atom is 0.363 e. The average molecular weight is 372 g/mol. The van der Waals surface area contributed by atoms with Crippen LogP contribution in [0, 0.1) is 0 Å². The van der Waals surface area contributed by atoms with Crippen LogP contribution in [-0.2, 0) is 9.53 Å². The van der Waals surface area contributed by atoms with Crippen molar-refractivity contribution in [3.05, 3.63) is 64.3 Å². The molecule has 0 aliphatic carbocycles. The quantitative estimate of drug-likeness (QED) is 0.555. The summed E-state index contributed by atoms with van der Waals surface area (Å²) in [4.78, 5) is 16.6. The fourth-order valence-electron chi connectivity index (χ4n) is 2.52. The molecule has 3 rings (SSSR count). The summed E-state index contributed by atoms with van der Waals surface area (Å²) in [5, 5.41) is 0.541. The Balaban J connectivity index is 2.02. The maximum absolute atomic E-state index is 12.3. The Morgan fingerprint density at radius 3 is 2.35 bits per heavy atom. The van der Waals surface area contributed by atoms with E-state index in [1.165, 1.54) is 0 Å². The summed E-state index contributed by atoms with van der Waals surface area (Å²) in [6.45, 7) is 4.77. The molecule has 1 aliphatic heterocycles. The Labute approximate surface area is 156 Å². The van der Waals surface area contributed by atoms with Crippen LogP contribution in [0.5, 0.6) is 11.5 Å². The van der Waals surface area contributed by atoms with E-state index < -0.39 is 5.97 Å². The highest BCUT2D eigenvalue weighted by molar-refractivity contribution is 6.31. The van der Waals surface area contributed by atoms with Gasteiger partial charge in [0.05, 0.1) is 18.8 Å². The van der Waals surface area contributed by atoms with Gasteiger partial charge in [0.25, 0.3) is 0 Å².